The molecule has 1 saturated heterocycles. The van der Waals surface area contributed by atoms with Crippen LogP contribution in [0.25, 0.3) is 11.0 Å². The normalized spacial score (nSPS) is 17.2. The van der Waals surface area contributed by atoms with Crippen LogP contribution < -0.4 is 10.1 Å². The van der Waals surface area contributed by atoms with E-state index in [4.69, 9.17) is 4.74 Å². The molecule has 7 nitrogen and oxygen atoms in total. The minimum atomic E-state index is -0.536. The van der Waals surface area contributed by atoms with Crippen molar-refractivity contribution < 1.29 is 14.3 Å². The predicted molar refractivity (Wildman–Crippen MR) is 92.4 cm³/mol. The molecular formula is C17H24N4O3. The molecule has 0 radical (unpaired) electrons. The van der Waals surface area contributed by atoms with E-state index in [1.807, 2.05) is 20.8 Å². The molecule has 130 valence electrons. The van der Waals surface area contributed by atoms with Crippen LogP contribution in [-0.2, 0) is 4.79 Å². The van der Waals surface area contributed by atoms with Crippen LogP contribution in [-0.4, -0.2) is 59.3 Å². The van der Waals surface area contributed by atoms with Crippen molar-refractivity contribution in [2.75, 3.05) is 26.7 Å². The van der Waals surface area contributed by atoms with Crippen molar-refractivity contribution >= 4 is 22.7 Å². The third kappa shape index (κ3) is 3.26. The molecular weight excluding hydrogens is 308 g/mol. The number of piperazine rings is 1. The number of Topliss-reactive ketones (excluding diaryl/α,β-unsaturated/α-hetero) is 1. The lowest BCUT2D eigenvalue weighted by Crippen LogP contribution is -2.54. The Morgan fingerprint density at radius 1 is 1.38 bits per heavy atom. The second kappa shape index (κ2) is 7.92. The molecule has 0 unspecified atom stereocenters. The van der Waals surface area contributed by atoms with Crippen molar-refractivity contribution in [3.63, 3.8) is 0 Å². The monoisotopic (exact) mass is 332 g/mol. The van der Waals surface area contributed by atoms with Gasteiger partial charge in [-0.3, -0.25) is 9.59 Å². The molecule has 0 aliphatic carbocycles. The van der Waals surface area contributed by atoms with Crippen molar-refractivity contribution in [1.82, 2.24) is 20.2 Å². The summed E-state index contributed by atoms with van der Waals surface area (Å²) in [4.78, 5) is 33.8. The van der Waals surface area contributed by atoms with Crippen molar-refractivity contribution in [2.24, 2.45) is 0 Å². The summed E-state index contributed by atoms with van der Waals surface area (Å²) >= 11 is 0. The minimum absolute atomic E-state index is 0.00423. The molecule has 1 aliphatic rings. The first-order chi connectivity index (χ1) is 11.6. The number of nitrogens with one attached hydrogen (secondary N) is 2. The number of ketones is 1. The highest BCUT2D eigenvalue weighted by Gasteiger charge is 2.30. The number of nitrogens with zero attached hydrogens (tertiary/aromatic N) is 2. The van der Waals surface area contributed by atoms with Gasteiger partial charge in [0.15, 0.2) is 0 Å². The number of ether oxygens (including phenoxy) is 1. The topological polar surface area (TPSA) is 87.3 Å². The molecule has 0 spiro atoms. The quantitative estimate of drug-likeness (QED) is 0.658. The van der Waals surface area contributed by atoms with E-state index in [1.54, 1.807) is 17.2 Å². The number of rotatable bonds is 3. The van der Waals surface area contributed by atoms with Gasteiger partial charge in [0.1, 0.15) is 11.4 Å². The van der Waals surface area contributed by atoms with Gasteiger partial charge in [-0.25, -0.2) is 4.98 Å². The Kier molecular flexibility index (Phi) is 5.92. The zero-order chi connectivity index (χ0) is 17.7. The molecule has 1 atom stereocenters. The zero-order valence-corrected chi connectivity index (χ0v) is 14.5. The third-order valence-corrected chi connectivity index (χ3v) is 3.96. The number of amides is 1. The molecule has 3 rings (SSSR count). The Bertz CT molecular complexity index is 726. The van der Waals surface area contributed by atoms with Crippen molar-refractivity contribution in [2.45, 2.75) is 26.8 Å². The Morgan fingerprint density at radius 3 is 2.79 bits per heavy atom. The average Bonchev–Trinajstić information content (AvgIpc) is 3.07. The Morgan fingerprint density at radius 2 is 2.12 bits per heavy atom. The first-order valence-electron chi connectivity index (χ1n) is 8.19. The number of hydrogen-bond donors (Lipinski definition) is 2. The average molecular weight is 332 g/mol. The zero-order valence-electron chi connectivity index (χ0n) is 14.5. The lowest BCUT2D eigenvalue weighted by molar-refractivity contribution is -0.129. The number of hydrogen-bond acceptors (Lipinski definition) is 5. The fourth-order valence-electron chi connectivity index (χ4n) is 2.76. The summed E-state index contributed by atoms with van der Waals surface area (Å²) in [6, 6.07) is 1.67. The number of fused-ring (bicyclic) bond motifs is 1. The van der Waals surface area contributed by atoms with Gasteiger partial charge in [0.25, 0.3) is 11.7 Å². The van der Waals surface area contributed by atoms with Crippen LogP contribution in [0.4, 0.5) is 0 Å². The maximum atomic E-state index is 12.6. The van der Waals surface area contributed by atoms with Gasteiger partial charge >= 0.3 is 0 Å². The van der Waals surface area contributed by atoms with Crippen LogP contribution in [0.1, 0.15) is 31.1 Å². The number of methoxy groups -OCH3 is 1. The van der Waals surface area contributed by atoms with Gasteiger partial charge in [-0.1, -0.05) is 13.8 Å². The molecule has 24 heavy (non-hydrogen) atoms. The van der Waals surface area contributed by atoms with Gasteiger partial charge in [0.05, 0.1) is 18.1 Å². The molecule has 7 heteroatoms. The van der Waals surface area contributed by atoms with Crippen molar-refractivity contribution in [3.8, 4) is 5.75 Å². The number of pyridine rings is 1. The van der Waals surface area contributed by atoms with Gasteiger partial charge in [-0.05, 0) is 13.0 Å². The third-order valence-electron chi connectivity index (χ3n) is 3.96. The molecule has 0 saturated carbocycles. The summed E-state index contributed by atoms with van der Waals surface area (Å²) < 4.78 is 5.28. The first-order valence-corrected chi connectivity index (χ1v) is 8.19. The van der Waals surface area contributed by atoms with Crippen LogP contribution >= 0.6 is 0 Å². The number of carbonyl (C=O) groups is 2. The van der Waals surface area contributed by atoms with Crippen LogP contribution in [0, 0.1) is 0 Å². The molecule has 3 heterocycles. The molecule has 1 fully saturated rings. The predicted octanol–water partition coefficient (Wildman–Crippen LogP) is 1.60. The lowest BCUT2D eigenvalue weighted by Gasteiger charge is -2.33. The smallest absolute Gasteiger partial charge is 0.295 e. The molecule has 1 amide bonds. The number of carbonyl (C=O) groups excluding carboxylic acids is 2. The number of aromatic nitrogens is 2. The molecule has 2 N–H and O–H groups in total. The van der Waals surface area contributed by atoms with E-state index < -0.39 is 11.7 Å². The van der Waals surface area contributed by atoms with Gasteiger partial charge < -0.3 is 19.9 Å². The summed E-state index contributed by atoms with van der Waals surface area (Å²) in [7, 11) is 1.52. The van der Waals surface area contributed by atoms with Crippen LogP contribution in [0.15, 0.2) is 18.5 Å². The molecule has 0 aromatic carbocycles. The SMILES string of the molecule is CC.COc1ccnc2[nH]cc(C(=O)C(=O)N3CCNC[C@H]3C)c12. The van der Waals surface area contributed by atoms with Gasteiger partial charge in [-0.2, -0.15) is 0 Å². The van der Waals surface area contributed by atoms with E-state index in [0.717, 1.165) is 0 Å². The Balaban J connectivity index is 0.00000100. The molecule has 2 aromatic rings. The largest absolute Gasteiger partial charge is 0.496 e. The van der Waals surface area contributed by atoms with E-state index in [9.17, 15) is 9.59 Å². The van der Waals surface area contributed by atoms with E-state index in [-0.39, 0.29) is 6.04 Å². The van der Waals surface area contributed by atoms with Gasteiger partial charge in [0, 0.05) is 38.1 Å². The second-order valence-electron chi connectivity index (χ2n) is 5.32. The standard InChI is InChI=1S/C15H18N4O3.C2H6/c1-9-7-16-5-6-19(9)15(21)13(20)10-8-18-14-12(10)11(22-2)3-4-17-14;1-2/h3-4,8-9,16H,5-7H2,1-2H3,(H,17,18);1-2H3/t9-;/m1./s1. The highest BCUT2D eigenvalue weighted by atomic mass is 16.5. The van der Waals surface area contributed by atoms with Crippen LogP contribution in [0.5, 0.6) is 5.75 Å². The van der Waals surface area contributed by atoms with E-state index >= 15 is 0 Å². The summed E-state index contributed by atoms with van der Waals surface area (Å²) in [5.74, 6) is -0.497. The van der Waals surface area contributed by atoms with Crippen molar-refractivity contribution in [1.29, 1.82) is 0 Å². The first kappa shape index (κ1) is 17.9. The summed E-state index contributed by atoms with van der Waals surface area (Å²) in [6.07, 6.45) is 3.11. The summed E-state index contributed by atoms with van der Waals surface area (Å²) in [5.41, 5.74) is 0.833. The van der Waals surface area contributed by atoms with Gasteiger partial charge in [-0.15, -0.1) is 0 Å². The summed E-state index contributed by atoms with van der Waals surface area (Å²) in [6.45, 7) is 7.85. The maximum absolute atomic E-state index is 12.6. The second-order valence-corrected chi connectivity index (χ2v) is 5.32. The van der Waals surface area contributed by atoms with E-state index in [2.05, 4.69) is 15.3 Å². The van der Waals surface area contributed by atoms with E-state index in [1.165, 1.54) is 13.3 Å². The highest BCUT2D eigenvalue weighted by molar-refractivity contribution is 6.45. The lowest BCUT2D eigenvalue weighted by atomic mass is 10.1. The number of aromatic amines is 1. The molecule has 0 bridgehead atoms. The fraction of sp³-hybridized carbons (Fsp3) is 0.471. The highest BCUT2D eigenvalue weighted by Crippen LogP contribution is 2.27. The fourth-order valence-corrected chi connectivity index (χ4v) is 2.76. The van der Waals surface area contributed by atoms with E-state index in [0.29, 0.717) is 42.0 Å². The van der Waals surface area contributed by atoms with Crippen LogP contribution in [0.3, 0.4) is 0 Å². The maximum Gasteiger partial charge on any atom is 0.295 e. The molecule has 2 aromatic heterocycles. The number of H-pyrrole nitrogens is 1. The Labute approximate surface area is 141 Å². The van der Waals surface area contributed by atoms with Crippen molar-refractivity contribution in [3.05, 3.63) is 24.0 Å². The molecule has 1 aliphatic heterocycles. The summed E-state index contributed by atoms with van der Waals surface area (Å²) in [5, 5.41) is 3.75. The Hall–Kier alpha value is -2.41. The minimum Gasteiger partial charge on any atom is -0.496 e. The van der Waals surface area contributed by atoms with Crippen LogP contribution in [0.2, 0.25) is 0 Å². The van der Waals surface area contributed by atoms with Gasteiger partial charge in [0.2, 0.25) is 0 Å².